The third-order valence-corrected chi connectivity index (χ3v) is 4.58. The van der Waals surface area contributed by atoms with Gasteiger partial charge in [-0.25, -0.2) is 4.98 Å². The fraction of sp³-hybridized carbons (Fsp3) is 0.800. The van der Waals surface area contributed by atoms with Crippen LogP contribution in [0.1, 0.15) is 31.4 Å². The number of piperidine rings is 1. The maximum absolute atomic E-state index is 6.22. The summed E-state index contributed by atoms with van der Waals surface area (Å²) in [6.45, 7) is 4.92. The van der Waals surface area contributed by atoms with Gasteiger partial charge in [0.2, 0.25) is 0 Å². The lowest BCUT2D eigenvalue weighted by Crippen LogP contribution is -2.47. The van der Waals surface area contributed by atoms with Crippen LogP contribution in [0.3, 0.4) is 0 Å². The number of imidazole rings is 1. The highest BCUT2D eigenvalue weighted by molar-refractivity contribution is 4.99. The van der Waals surface area contributed by atoms with Crippen molar-refractivity contribution in [2.45, 2.75) is 37.8 Å². The molecule has 2 aliphatic heterocycles. The van der Waals surface area contributed by atoms with Crippen LogP contribution in [-0.4, -0.2) is 53.9 Å². The SMILES string of the molecule is COCCC1COC2(CCCN(Cc3cnc[nH]3)C2)C1. The number of nitrogens with one attached hydrogen (secondary N) is 1. The predicted octanol–water partition coefficient (Wildman–Crippen LogP) is 1.82. The van der Waals surface area contributed by atoms with Gasteiger partial charge < -0.3 is 14.5 Å². The van der Waals surface area contributed by atoms with Gasteiger partial charge in [0.1, 0.15) is 0 Å². The maximum atomic E-state index is 6.22. The molecule has 0 radical (unpaired) electrons. The van der Waals surface area contributed by atoms with Gasteiger partial charge in [-0.2, -0.15) is 0 Å². The van der Waals surface area contributed by atoms with E-state index in [0.29, 0.717) is 5.92 Å². The lowest BCUT2D eigenvalue weighted by atomic mass is 9.85. The first kappa shape index (κ1) is 14.0. The summed E-state index contributed by atoms with van der Waals surface area (Å²) in [4.78, 5) is 9.78. The molecule has 5 nitrogen and oxygen atoms in total. The van der Waals surface area contributed by atoms with Crippen molar-refractivity contribution in [3.05, 3.63) is 18.2 Å². The third-order valence-electron chi connectivity index (χ3n) is 4.58. The normalized spacial score (nSPS) is 31.1. The quantitative estimate of drug-likeness (QED) is 0.893. The average molecular weight is 279 g/mol. The van der Waals surface area contributed by atoms with Crippen LogP contribution in [-0.2, 0) is 16.0 Å². The van der Waals surface area contributed by atoms with Gasteiger partial charge >= 0.3 is 0 Å². The van der Waals surface area contributed by atoms with E-state index in [-0.39, 0.29) is 5.60 Å². The molecule has 20 heavy (non-hydrogen) atoms. The van der Waals surface area contributed by atoms with Gasteiger partial charge in [0.15, 0.2) is 0 Å². The highest BCUT2D eigenvalue weighted by Gasteiger charge is 2.43. The van der Waals surface area contributed by atoms with Crippen LogP contribution in [0.5, 0.6) is 0 Å². The second-order valence-electron chi connectivity index (χ2n) is 6.24. The molecule has 0 aromatic carbocycles. The van der Waals surface area contributed by atoms with E-state index >= 15 is 0 Å². The van der Waals surface area contributed by atoms with Crippen LogP contribution in [0.15, 0.2) is 12.5 Å². The largest absolute Gasteiger partial charge is 0.385 e. The average Bonchev–Trinajstić information content (AvgIpc) is 3.07. The van der Waals surface area contributed by atoms with Crippen LogP contribution in [0.2, 0.25) is 0 Å². The molecule has 5 heteroatoms. The highest BCUT2D eigenvalue weighted by Crippen LogP contribution is 2.38. The first-order valence-electron chi connectivity index (χ1n) is 7.62. The molecule has 1 N–H and O–H groups in total. The number of aromatic amines is 1. The first-order chi connectivity index (χ1) is 9.80. The molecule has 3 rings (SSSR count). The zero-order chi connectivity index (χ0) is 13.8. The zero-order valence-corrected chi connectivity index (χ0v) is 12.3. The minimum Gasteiger partial charge on any atom is -0.385 e. The topological polar surface area (TPSA) is 50.4 Å². The van der Waals surface area contributed by atoms with E-state index in [4.69, 9.17) is 9.47 Å². The van der Waals surface area contributed by atoms with Gasteiger partial charge in [-0.1, -0.05) is 0 Å². The minimum atomic E-state index is 0.0939. The number of aromatic nitrogens is 2. The second kappa shape index (κ2) is 6.24. The van der Waals surface area contributed by atoms with Gasteiger partial charge in [0.25, 0.3) is 0 Å². The zero-order valence-electron chi connectivity index (χ0n) is 12.3. The van der Waals surface area contributed by atoms with Crippen molar-refractivity contribution in [2.24, 2.45) is 5.92 Å². The molecule has 2 fully saturated rings. The van der Waals surface area contributed by atoms with E-state index in [1.54, 1.807) is 13.4 Å². The number of likely N-dealkylation sites (tertiary alicyclic amines) is 1. The summed E-state index contributed by atoms with van der Waals surface area (Å²) in [7, 11) is 1.78. The Morgan fingerprint density at radius 2 is 2.55 bits per heavy atom. The number of methoxy groups -OCH3 is 1. The van der Waals surface area contributed by atoms with Gasteiger partial charge in [0.05, 0.1) is 18.5 Å². The van der Waals surface area contributed by atoms with Crippen molar-refractivity contribution in [3.8, 4) is 0 Å². The van der Waals surface area contributed by atoms with Crippen LogP contribution in [0.25, 0.3) is 0 Å². The number of hydrogen-bond donors (Lipinski definition) is 1. The molecule has 2 unspecified atom stereocenters. The van der Waals surface area contributed by atoms with Crippen LogP contribution in [0.4, 0.5) is 0 Å². The molecule has 0 saturated carbocycles. The molecule has 2 aliphatic rings. The fourth-order valence-corrected chi connectivity index (χ4v) is 3.63. The summed E-state index contributed by atoms with van der Waals surface area (Å²) in [5, 5.41) is 0. The molecule has 2 saturated heterocycles. The third kappa shape index (κ3) is 3.22. The lowest BCUT2D eigenvalue weighted by molar-refractivity contribution is -0.0538. The van der Waals surface area contributed by atoms with Gasteiger partial charge in [-0.3, -0.25) is 4.90 Å². The molecule has 0 bridgehead atoms. The summed E-state index contributed by atoms with van der Waals surface area (Å²) in [5.41, 5.74) is 1.28. The number of H-pyrrole nitrogens is 1. The molecule has 1 aromatic rings. The Labute approximate surface area is 120 Å². The van der Waals surface area contributed by atoms with E-state index in [9.17, 15) is 0 Å². The van der Waals surface area contributed by atoms with E-state index in [1.165, 1.54) is 25.0 Å². The smallest absolute Gasteiger partial charge is 0.0922 e. The van der Waals surface area contributed by atoms with Gasteiger partial charge in [-0.15, -0.1) is 0 Å². The van der Waals surface area contributed by atoms with E-state index < -0.39 is 0 Å². The number of nitrogens with zero attached hydrogens (tertiary/aromatic N) is 2. The Morgan fingerprint density at radius 1 is 1.60 bits per heavy atom. The summed E-state index contributed by atoms with van der Waals surface area (Å²) >= 11 is 0. The van der Waals surface area contributed by atoms with E-state index in [0.717, 1.165) is 39.3 Å². The highest BCUT2D eigenvalue weighted by atomic mass is 16.5. The van der Waals surface area contributed by atoms with E-state index in [2.05, 4.69) is 14.9 Å². The Balaban J connectivity index is 1.55. The van der Waals surface area contributed by atoms with Gasteiger partial charge in [0, 0.05) is 38.7 Å². The molecule has 2 atom stereocenters. The van der Waals surface area contributed by atoms with Crippen LogP contribution >= 0.6 is 0 Å². The van der Waals surface area contributed by atoms with Crippen molar-refractivity contribution in [1.29, 1.82) is 0 Å². The monoisotopic (exact) mass is 279 g/mol. The fourth-order valence-electron chi connectivity index (χ4n) is 3.63. The molecular weight excluding hydrogens is 254 g/mol. The first-order valence-corrected chi connectivity index (χ1v) is 7.62. The molecular formula is C15H25N3O2. The Bertz CT molecular complexity index is 409. The van der Waals surface area contributed by atoms with Crippen LogP contribution in [0, 0.1) is 5.92 Å². The van der Waals surface area contributed by atoms with Crippen molar-refractivity contribution in [1.82, 2.24) is 14.9 Å². The number of rotatable bonds is 5. The van der Waals surface area contributed by atoms with Crippen molar-refractivity contribution < 1.29 is 9.47 Å². The molecule has 0 amide bonds. The standard InChI is InChI=1S/C15H25N3O2/c1-19-6-3-13-7-15(20-10-13)4-2-5-18(11-15)9-14-8-16-12-17-14/h8,12-13H,2-7,9-11H2,1H3,(H,16,17). The van der Waals surface area contributed by atoms with Crippen molar-refractivity contribution >= 4 is 0 Å². The second-order valence-corrected chi connectivity index (χ2v) is 6.24. The summed E-state index contributed by atoms with van der Waals surface area (Å²) < 4.78 is 11.4. The van der Waals surface area contributed by atoms with Gasteiger partial charge in [-0.05, 0) is 38.1 Å². The molecule has 3 heterocycles. The van der Waals surface area contributed by atoms with Crippen molar-refractivity contribution in [2.75, 3.05) is 33.4 Å². The number of hydrogen-bond acceptors (Lipinski definition) is 4. The Kier molecular flexibility index (Phi) is 4.38. The van der Waals surface area contributed by atoms with E-state index in [1.807, 2.05) is 6.20 Å². The summed E-state index contributed by atoms with van der Waals surface area (Å²) in [6, 6.07) is 0. The summed E-state index contributed by atoms with van der Waals surface area (Å²) in [6.07, 6.45) is 8.41. The maximum Gasteiger partial charge on any atom is 0.0922 e. The lowest BCUT2D eigenvalue weighted by Gasteiger charge is -2.39. The Hall–Kier alpha value is -0.910. The molecule has 0 aliphatic carbocycles. The molecule has 1 aromatic heterocycles. The van der Waals surface area contributed by atoms with Crippen LogP contribution < -0.4 is 0 Å². The molecule has 112 valence electrons. The minimum absolute atomic E-state index is 0.0939. The number of ether oxygens (including phenoxy) is 2. The predicted molar refractivity (Wildman–Crippen MR) is 76.4 cm³/mol. The Morgan fingerprint density at radius 3 is 3.35 bits per heavy atom. The van der Waals surface area contributed by atoms with Crippen molar-refractivity contribution in [3.63, 3.8) is 0 Å². The summed E-state index contributed by atoms with van der Waals surface area (Å²) in [5.74, 6) is 0.669. The molecule has 1 spiro atoms.